The maximum atomic E-state index is 12.0. The molecule has 1 saturated carbocycles. The van der Waals surface area contributed by atoms with Gasteiger partial charge in [-0.25, -0.2) is 13.6 Å². The predicted molar refractivity (Wildman–Crippen MR) is 71.4 cm³/mol. The van der Waals surface area contributed by atoms with Crippen molar-refractivity contribution in [2.45, 2.75) is 64.2 Å². The molecule has 1 amide bonds. The van der Waals surface area contributed by atoms with Crippen molar-refractivity contribution in [3.63, 3.8) is 0 Å². The van der Waals surface area contributed by atoms with Crippen molar-refractivity contribution in [2.24, 2.45) is 10.6 Å². The van der Waals surface area contributed by atoms with Crippen molar-refractivity contribution >= 4 is 15.9 Å². The average Bonchev–Trinajstić information content (AvgIpc) is 2.28. The molecule has 0 spiro atoms. The first kappa shape index (κ1) is 15.4. The van der Waals surface area contributed by atoms with Gasteiger partial charge in [0.05, 0.1) is 5.25 Å². The molecule has 0 aliphatic heterocycles. The van der Waals surface area contributed by atoms with Crippen molar-refractivity contribution in [1.29, 1.82) is 0 Å². The monoisotopic (exact) mass is 276 g/mol. The zero-order valence-corrected chi connectivity index (χ0v) is 12.2. The molecule has 0 aromatic carbocycles. The number of amides is 1. The van der Waals surface area contributed by atoms with Crippen LogP contribution in [-0.2, 0) is 14.8 Å². The number of rotatable bonds is 4. The summed E-state index contributed by atoms with van der Waals surface area (Å²) >= 11 is 0. The maximum absolute atomic E-state index is 12.0. The van der Waals surface area contributed by atoms with Gasteiger partial charge >= 0.3 is 0 Å². The number of primary sulfonamides is 1. The Morgan fingerprint density at radius 2 is 1.78 bits per heavy atom. The Morgan fingerprint density at radius 1 is 1.28 bits per heavy atom. The van der Waals surface area contributed by atoms with Gasteiger partial charge in [0.15, 0.2) is 0 Å². The van der Waals surface area contributed by atoms with E-state index >= 15 is 0 Å². The topological polar surface area (TPSA) is 89.3 Å². The van der Waals surface area contributed by atoms with E-state index in [1.807, 2.05) is 20.8 Å². The zero-order valence-electron chi connectivity index (χ0n) is 11.4. The Bertz CT molecular complexity index is 396. The van der Waals surface area contributed by atoms with Gasteiger partial charge in [-0.05, 0) is 32.1 Å². The lowest BCUT2D eigenvalue weighted by Crippen LogP contribution is -2.46. The second-order valence-corrected chi connectivity index (χ2v) is 7.62. The summed E-state index contributed by atoms with van der Waals surface area (Å²) in [4.78, 5) is 12.0. The highest BCUT2D eigenvalue weighted by molar-refractivity contribution is 7.89. The van der Waals surface area contributed by atoms with E-state index in [4.69, 9.17) is 5.14 Å². The predicted octanol–water partition coefficient (Wildman–Crippen LogP) is 1.14. The first-order chi connectivity index (χ1) is 8.16. The van der Waals surface area contributed by atoms with E-state index in [0.29, 0.717) is 25.7 Å². The molecule has 0 bridgehead atoms. The number of nitrogens with two attached hydrogens (primary N) is 1. The van der Waals surface area contributed by atoms with E-state index in [9.17, 15) is 13.2 Å². The number of nitrogens with one attached hydrogen (secondary N) is 1. The van der Waals surface area contributed by atoms with Gasteiger partial charge in [0.2, 0.25) is 15.9 Å². The average molecular weight is 276 g/mol. The summed E-state index contributed by atoms with van der Waals surface area (Å²) in [5.41, 5.74) is -0.364. The highest BCUT2D eigenvalue weighted by Crippen LogP contribution is 2.25. The zero-order chi connectivity index (χ0) is 14.0. The van der Waals surface area contributed by atoms with Crippen LogP contribution >= 0.6 is 0 Å². The number of carbonyl (C=O) groups excluding carboxylic acids is 1. The highest BCUT2D eigenvalue weighted by Gasteiger charge is 2.32. The van der Waals surface area contributed by atoms with Crippen molar-refractivity contribution in [3.8, 4) is 0 Å². The smallest absolute Gasteiger partial charge is 0.225 e. The molecule has 18 heavy (non-hydrogen) atoms. The van der Waals surface area contributed by atoms with Crippen LogP contribution < -0.4 is 10.5 Å². The fourth-order valence-corrected chi connectivity index (χ4v) is 3.01. The molecule has 0 aromatic rings. The van der Waals surface area contributed by atoms with E-state index in [-0.39, 0.29) is 17.4 Å². The Hall–Kier alpha value is -0.620. The summed E-state index contributed by atoms with van der Waals surface area (Å²) in [6, 6.07) is 0.0846. The molecule has 6 heteroatoms. The van der Waals surface area contributed by atoms with Crippen molar-refractivity contribution in [1.82, 2.24) is 5.32 Å². The Labute approximate surface area is 110 Å². The second-order valence-electron chi connectivity index (χ2n) is 5.77. The van der Waals surface area contributed by atoms with Crippen LogP contribution in [-0.4, -0.2) is 25.6 Å². The molecule has 5 nitrogen and oxygen atoms in total. The van der Waals surface area contributed by atoms with Gasteiger partial charge < -0.3 is 5.32 Å². The molecule has 3 N–H and O–H groups in total. The SMILES string of the molecule is CCC(C)(C)C(=O)NC1CCC(S(N)(=O)=O)CC1. The summed E-state index contributed by atoms with van der Waals surface area (Å²) in [7, 11) is -3.42. The van der Waals surface area contributed by atoms with Crippen LogP contribution in [0.5, 0.6) is 0 Å². The van der Waals surface area contributed by atoms with Gasteiger partial charge in [0.25, 0.3) is 0 Å². The molecule has 0 unspecified atom stereocenters. The molecule has 1 fully saturated rings. The Kier molecular flexibility index (Phi) is 4.78. The van der Waals surface area contributed by atoms with Crippen molar-refractivity contribution in [2.75, 3.05) is 0 Å². The summed E-state index contributed by atoms with van der Waals surface area (Å²) < 4.78 is 22.4. The molecule has 0 heterocycles. The standard InChI is InChI=1S/C12H24N2O3S/c1-4-12(2,3)11(15)14-9-5-7-10(8-6-9)18(13,16)17/h9-10H,4-8H2,1-3H3,(H,14,15)(H2,13,16,17). The number of hydrogen-bond acceptors (Lipinski definition) is 3. The third kappa shape index (κ3) is 3.95. The molecule has 1 aliphatic carbocycles. The van der Waals surface area contributed by atoms with Crippen molar-refractivity contribution in [3.05, 3.63) is 0 Å². The fraction of sp³-hybridized carbons (Fsp3) is 0.917. The summed E-state index contributed by atoms with van der Waals surface area (Å²) in [6.45, 7) is 5.81. The molecular weight excluding hydrogens is 252 g/mol. The van der Waals surface area contributed by atoms with Crippen LogP contribution in [0.25, 0.3) is 0 Å². The number of carbonyl (C=O) groups is 1. The van der Waals surface area contributed by atoms with E-state index in [1.54, 1.807) is 0 Å². The van der Waals surface area contributed by atoms with Gasteiger partial charge in [-0.1, -0.05) is 20.8 Å². The first-order valence-electron chi connectivity index (χ1n) is 6.49. The van der Waals surface area contributed by atoms with E-state index in [0.717, 1.165) is 6.42 Å². The van der Waals surface area contributed by atoms with E-state index in [1.165, 1.54) is 0 Å². The number of sulfonamides is 1. The molecule has 1 aliphatic rings. The lowest BCUT2D eigenvalue weighted by molar-refractivity contribution is -0.130. The Balaban J connectivity index is 2.48. The highest BCUT2D eigenvalue weighted by atomic mass is 32.2. The molecule has 106 valence electrons. The summed E-state index contributed by atoms with van der Waals surface area (Å²) in [6.07, 6.45) is 3.23. The quantitative estimate of drug-likeness (QED) is 0.807. The molecule has 0 atom stereocenters. The molecular formula is C12H24N2O3S. The third-order valence-corrected chi connectivity index (χ3v) is 5.37. The minimum absolute atomic E-state index is 0.0454. The first-order valence-corrected chi connectivity index (χ1v) is 8.10. The van der Waals surface area contributed by atoms with E-state index in [2.05, 4.69) is 5.32 Å². The minimum Gasteiger partial charge on any atom is -0.353 e. The normalized spacial score (nSPS) is 25.8. The van der Waals surface area contributed by atoms with Crippen LogP contribution in [0.4, 0.5) is 0 Å². The molecule has 0 aromatic heterocycles. The fourth-order valence-electron chi connectivity index (χ4n) is 2.08. The van der Waals surface area contributed by atoms with Gasteiger partial charge in [0.1, 0.15) is 0 Å². The van der Waals surface area contributed by atoms with Crippen LogP contribution in [0.1, 0.15) is 52.9 Å². The van der Waals surface area contributed by atoms with Crippen LogP contribution in [0, 0.1) is 5.41 Å². The van der Waals surface area contributed by atoms with Crippen LogP contribution in [0.2, 0.25) is 0 Å². The minimum atomic E-state index is -3.42. The molecule has 0 radical (unpaired) electrons. The third-order valence-electron chi connectivity index (χ3n) is 3.97. The molecule has 0 saturated heterocycles. The van der Waals surface area contributed by atoms with Crippen LogP contribution in [0.15, 0.2) is 0 Å². The molecule has 1 rings (SSSR count). The van der Waals surface area contributed by atoms with Gasteiger partial charge in [-0.2, -0.15) is 0 Å². The van der Waals surface area contributed by atoms with Gasteiger partial charge in [-0.3, -0.25) is 4.79 Å². The van der Waals surface area contributed by atoms with E-state index < -0.39 is 15.3 Å². The largest absolute Gasteiger partial charge is 0.353 e. The lowest BCUT2D eigenvalue weighted by atomic mass is 9.87. The second kappa shape index (κ2) is 5.57. The van der Waals surface area contributed by atoms with Gasteiger partial charge in [0, 0.05) is 11.5 Å². The summed E-state index contributed by atoms with van der Waals surface area (Å²) in [5.74, 6) is 0.0454. The lowest BCUT2D eigenvalue weighted by Gasteiger charge is -2.31. The Morgan fingerprint density at radius 3 is 2.17 bits per heavy atom. The number of hydrogen-bond donors (Lipinski definition) is 2. The van der Waals surface area contributed by atoms with Crippen LogP contribution in [0.3, 0.4) is 0 Å². The summed E-state index contributed by atoms with van der Waals surface area (Å²) in [5, 5.41) is 7.70. The maximum Gasteiger partial charge on any atom is 0.225 e. The van der Waals surface area contributed by atoms with Gasteiger partial charge in [-0.15, -0.1) is 0 Å². The van der Waals surface area contributed by atoms with Crippen molar-refractivity contribution < 1.29 is 13.2 Å².